The van der Waals surface area contributed by atoms with Crippen LogP contribution in [0.1, 0.15) is 0 Å². The standard InChI is InChI=1S/C45H29N5.C42H26N4/c1-3-13-31(14-4-1)43-48-44(32-15-5-2-6-16-32)50-45(49-43)33-26-24-30(25-27-33)34-17-11-18-35(29-34)36-20-12-21-38-41(36)37-19-7-8-22-39(37)47-42(38)40-23-9-10-28-46-40;1-2-9-28(10-3-1)35-24-22-30-20-21-31-23-25-36(45-41(31)40(30)44-35)29-18-16-27(17-19-29)32-12-8-13-34-39(32)33-11-4-5-14-37(33)46-42(34)38-15-6-7-26-43-38/h1-29H;1-26H. The molecule has 0 aliphatic heterocycles. The number of aromatic nitrogens is 9. The summed E-state index contributed by atoms with van der Waals surface area (Å²) in [4.78, 5) is 44.3. The minimum absolute atomic E-state index is 0.637. The first-order chi connectivity index (χ1) is 47.6. The maximum absolute atomic E-state index is 5.17. The van der Waals surface area contributed by atoms with Crippen molar-refractivity contribution >= 4 is 65.2 Å². The Morgan fingerprint density at radius 1 is 0.198 bits per heavy atom. The first-order valence-electron chi connectivity index (χ1n) is 32.0. The van der Waals surface area contributed by atoms with E-state index in [1.807, 2.05) is 140 Å². The molecule has 18 aromatic rings. The molecule has 0 unspecified atom stereocenters. The normalized spacial score (nSPS) is 11.3. The highest BCUT2D eigenvalue weighted by Gasteiger charge is 2.19. The van der Waals surface area contributed by atoms with Crippen LogP contribution in [0.3, 0.4) is 0 Å². The first kappa shape index (κ1) is 56.8. The molecule has 96 heavy (non-hydrogen) atoms. The van der Waals surface area contributed by atoms with Gasteiger partial charge in [-0.25, -0.2) is 34.9 Å². The number of benzene rings is 11. The lowest BCUT2D eigenvalue weighted by Gasteiger charge is -2.14. The van der Waals surface area contributed by atoms with E-state index in [2.05, 4.69) is 204 Å². The van der Waals surface area contributed by atoms with Crippen molar-refractivity contribution < 1.29 is 0 Å². The maximum atomic E-state index is 5.17. The average Bonchev–Trinajstić information content (AvgIpc) is 0.783. The lowest BCUT2D eigenvalue weighted by Crippen LogP contribution is -2.00. The van der Waals surface area contributed by atoms with Crippen molar-refractivity contribution in [3.05, 3.63) is 334 Å². The second kappa shape index (κ2) is 24.8. The number of nitrogens with zero attached hydrogens (tertiary/aromatic N) is 9. The molecule has 11 aromatic carbocycles. The van der Waals surface area contributed by atoms with E-state index in [0.29, 0.717) is 17.5 Å². The molecule has 9 nitrogen and oxygen atoms in total. The fourth-order valence-electron chi connectivity index (χ4n) is 13.0. The van der Waals surface area contributed by atoms with E-state index in [0.717, 1.165) is 150 Å². The molecular formula is C87H55N9. The van der Waals surface area contributed by atoms with Gasteiger partial charge < -0.3 is 0 Å². The van der Waals surface area contributed by atoms with Crippen LogP contribution in [0, 0.1) is 0 Å². The molecule has 0 saturated carbocycles. The smallest absolute Gasteiger partial charge is 0.164 e. The van der Waals surface area contributed by atoms with Crippen molar-refractivity contribution in [3.8, 4) is 113 Å². The highest BCUT2D eigenvalue weighted by atomic mass is 15.0. The summed E-state index contributed by atoms with van der Waals surface area (Å²) in [5.41, 5.74) is 20.9. The Morgan fingerprint density at radius 2 is 0.562 bits per heavy atom. The largest absolute Gasteiger partial charge is 0.255 e. The predicted molar refractivity (Wildman–Crippen MR) is 392 cm³/mol. The molecule has 0 amide bonds. The van der Waals surface area contributed by atoms with E-state index < -0.39 is 0 Å². The maximum Gasteiger partial charge on any atom is 0.164 e. The van der Waals surface area contributed by atoms with Crippen molar-refractivity contribution in [2.24, 2.45) is 0 Å². The molecule has 0 saturated heterocycles. The molecular weight excluding hydrogens is 1170 g/mol. The Labute approximate surface area is 553 Å². The molecule has 0 fully saturated rings. The summed E-state index contributed by atoms with van der Waals surface area (Å²) in [5.74, 6) is 1.93. The van der Waals surface area contributed by atoms with Gasteiger partial charge in [-0.15, -0.1) is 0 Å². The molecule has 0 atom stereocenters. The van der Waals surface area contributed by atoms with Crippen LogP contribution in [0.15, 0.2) is 334 Å². The van der Waals surface area contributed by atoms with Gasteiger partial charge in [0.05, 0.1) is 56.2 Å². The van der Waals surface area contributed by atoms with Crippen LogP contribution < -0.4 is 0 Å². The van der Waals surface area contributed by atoms with Crippen LogP contribution in [0.4, 0.5) is 0 Å². The third-order valence-electron chi connectivity index (χ3n) is 17.7. The van der Waals surface area contributed by atoms with Crippen LogP contribution >= 0.6 is 0 Å². The van der Waals surface area contributed by atoms with Gasteiger partial charge in [0.2, 0.25) is 0 Å². The fourth-order valence-corrected chi connectivity index (χ4v) is 13.0. The van der Waals surface area contributed by atoms with E-state index in [1.165, 1.54) is 10.8 Å². The van der Waals surface area contributed by atoms with Crippen LogP contribution in [0.2, 0.25) is 0 Å². The minimum Gasteiger partial charge on any atom is -0.255 e. The zero-order valence-corrected chi connectivity index (χ0v) is 51.8. The molecule has 7 heterocycles. The highest BCUT2D eigenvalue weighted by molar-refractivity contribution is 6.18. The molecule has 0 aliphatic rings. The number of hydrogen-bond acceptors (Lipinski definition) is 9. The second-order valence-electron chi connectivity index (χ2n) is 23.6. The Morgan fingerprint density at radius 3 is 1.06 bits per heavy atom. The second-order valence-corrected chi connectivity index (χ2v) is 23.6. The molecule has 0 spiro atoms. The quantitative estimate of drug-likeness (QED) is 0.123. The van der Waals surface area contributed by atoms with Gasteiger partial charge >= 0.3 is 0 Å². The van der Waals surface area contributed by atoms with Crippen molar-refractivity contribution in [2.75, 3.05) is 0 Å². The van der Waals surface area contributed by atoms with Crippen molar-refractivity contribution in [1.29, 1.82) is 0 Å². The summed E-state index contributed by atoms with van der Waals surface area (Å²) < 4.78 is 0. The summed E-state index contributed by atoms with van der Waals surface area (Å²) in [6, 6.07) is 111. The van der Waals surface area contributed by atoms with Crippen LogP contribution in [-0.2, 0) is 0 Å². The topological polar surface area (TPSA) is 116 Å². The van der Waals surface area contributed by atoms with E-state index >= 15 is 0 Å². The van der Waals surface area contributed by atoms with E-state index in [9.17, 15) is 0 Å². The monoisotopic (exact) mass is 1230 g/mol. The summed E-state index contributed by atoms with van der Waals surface area (Å²) in [6.07, 6.45) is 3.64. The Kier molecular flexibility index (Phi) is 14.7. The van der Waals surface area contributed by atoms with Crippen LogP contribution in [-0.4, -0.2) is 44.9 Å². The number of hydrogen-bond donors (Lipinski definition) is 0. The van der Waals surface area contributed by atoms with Gasteiger partial charge in [0.1, 0.15) is 0 Å². The number of para-hydroxylation sites is 2. The lowest BCUT2D eigenvalue weighted by molar-refractivity contribution is 1.07. The average molecular weight is 1230 g/mol. The number of pyridine rings is 6. The third-order valence-corrected chi connectivity index (χ3v) is 17.7. The van der Waals surface area contributed by atoms with Crippen LogP contribution in [0.5, 0.6) is 0 Å². The van der Waals surface area contributed by atoms with Gasteiger partial charge in [0.15, 0.2) is 17.5 Å². The number of fused-ring (bicyclic) bond motifs is 9. The van der Waals surface area contributed by atoms with Gasteiger partial charge in [0.25, 0.3) is 0 Å². The summed E-state index contributed by atoms with van der Waals surface area (Å²) in [7, 11) is 0. The molecule has 9 heteroatoms. The van der Waals surface area contributed by atoms with Gasteiger partial charge in [-0.1, -0.05) is 267 Å². The lowest BCUT2D eigenvalue weighted by atomic mass is 9.92. The van der Waals surface area contributed by atoms with Crippen molar-refractivity contribution in [3.63, 3.8) is 0 Å². The van der Waals surface area contributed by atoms with E-state index in [-0.39, 0.29) is 0 Å². The minimum atomic E-state index is 0.637. The zero-order valence-electron chi connectivity index (χ0n) is 51.8. The van der Waals surface area contributed by atoms with Gasteiger partial charge in [-0.05, 0) is 88.0 Å². The SMILES string of the molecule is c1ccc(-c2ccc3ccc4ccc(-c5ccc(-c6cccc7c(-c8ccccn8)nc8ccccc8c67)cc5)nc4c3n2)cc1.c1ccc(-c2nc(-c3ccccc3)nc(-c3ccc(-c4cccc(-c5cccc6c(-c7ccccn7)nc7ccccc7c56)c4)cc3)n2)cc1. The molecule has 0 radical (unpaired) electrons. The van der Waals surface area contributed by atoms with Crippen LogP contribution in [0.25, 0.3) is 178 Å². The number of rotatable bonds is 10. The highest BCUT2D eigenvalue weighted by Crippen LogP contribution is 2.42. The van der Waals surface area contributed by atoms with Gasteiger partial charge in [-0.3, -0.25) is 9.97 Å². The summed E-state index contributed by atoms with van der Waals surface area (Å²) in [5, 5.41) is 8.92. The predicted octanol–water partition coefficient (Wildman–Crippen LogP) is 21.5. The zero-order chi connectivity index (χ0) is 63.7. The molecule has 0 N–H and O–H groups in total. The fraction of sp³-hybridized carbons (Fsp3) is 0. The van der Waals surface area contributed by atoms with Crippen molar-refractivity contribution in [2.45, 2.75) is 0 Å². The Balaban J connectivity index is 0.000000146. The van der Waals surface area contributed by atoms with Gasteiger partial charge in [0, 0.05) is 83.3 Å². The molecule has 0 aliphatic carbocycles. The van der Waals surface area contributed by atoms with Gasteiger partial charge in [-0.2, -0.15) is 0 Å². The molecule has 18 rings (SSSR count). The Bertz CT molecular complexity index is 5860. The molecule has 7 aromatic heterocycles. The molecule has 448 valence electrons. The Hall–Kier alpha value is -13.1. The molecule has 0 bridgehead atoms. The van der Waals surface area contributed by atoms with E-state index in [4.69, 9.17) is 34.9 Å². The third kappa shape index (κ3) is 10.9. The first-order valence-corrected chi connectivity index (χ1v) is 32.0. The van der Waals surface area contributed by atoms with E-state index in [1.54, 1.807) is 0 Å². The summed E-state index contributed by atoms with van der Waals surface area (Å²) in [6.45, 7) is 0. The van der Waals surface area contributed by atoms with Crippen molar-refractivity contribution in [1.82, 2.24) is 44.9 Å². The summed E-state index contributed by atoms with van der Waals surface area (Å²) >= 11 is 0.